The number of hydroxylamine groups is 1. The molecule has 0 aliphatic rings. The third-order valence-corrected chi connectivity index (χ3v) is 2.60. The molecule has 1 N–H and O–H groups in total. The van der Waals surface area contributed by atoms with Gasteiger partial charge in [0.15, 0.2) is 0 Å². The van der Waals surface area contributed by atoms with E-state index in [2.05, 4.69) is 26.3 Å². The Balaban J connectivity index is 3.90. The van der Waals surface area contributed by atoms with Crippen molar-refractivity contribution in [3.63, 3.8) is 0 Å². The maximum absolute atomic E-state index is 11.7. The maximum atomic E-state index is 11.7. The molecule has 0 aromatic rings. The molecule has 0 rings (SSSR count). The topological polar surface area (TPSA) is 41.6 Å². The Morgan fingerprint density at radius 1 is 1.31 bits per heavy atom. The van der Waals surface area contributed by atoms with Gasteiger partial charge in [-0.15, -0.1) is 0 Å². The zero-order valence-electron chi connectivity index (χ0n) is 11.1. The zero-order chi connectivity index (χ0) is 12.4. The highest BCUT2D eigenvalue weighted by Crippen LogP contribution is 2.06. The van der Waals surface area contributed by atoms with Gasteiger partial charge in [-0.2, -0.15) is 0 Å². The predicted molar refractivity (Wildman–Crippen MR) is 66.1 cm³/mol. The van der Waals surface area contributed by atoms with Gasteiger partial charge in [0.05, 0.1) is 6.61 Å². The maximum Gasteiger partial charge on any atom is 0.341 e. The molecule has 0 saturated carbocycles. The van der Waals surface area contributed by atoms with Gasteiger partial charge in [-0.1, -0.05) is 26.7 Å². The fourth-order valence-electron chi connectivity index (χ4n) is 1.62. The summed E-state index contributed by atoms with van der Waals surface area (Å²) in [7, 11) is 0. The molecule has 0 radical (unpaired) electrons. The van der Waals surface area contributed by atoms with Crippen molar-refractivity contribution in [2.45, 2.75) is 59.4 Å². The number of unbranched alkanes of at least 4 members (excludes halogenated alkanes) is 1. The van der Waals surface area contributed by atoms with Crippen molar-refractivity contribution in [1.29, 1.82) is 0 Å². The minimum atomic E-state index is -0.125. The van der Waals surface area contributed by atoms with E-state index >= 15 is 0 Å². The van der Waals surface area contributed by atoms with Crippen LogP contribution in [-0.2, 0) is 4.84 Å². The van der Waals surface area contributed by atoms with Gasteiger partial charge in [-0.25, -0.2) is 10.3 Å². The Bertz CT molecular complexity index is 186. The lowest BCUT2D eigenvalue weighted by Crippen LogP contribution is -2.44. The van der Waals surface area contributed by atoms with Gasteiger partial charge >= 0.3 is 6.03 Å². The second-order valence-electron chi connectivity index (χ2n) is 4.03. The van der Waals surface area contributed by atoms with Gasteiger partial charge < -0.3 is 4.90 Å². The van der Waals surface area contributed by atoms with Crippen molar-refractivity contribution in [3.8, 4) is 0 Å². The SMILES string of the molecule is CCCCONC(=O)N(CC)[C@H](C)CCC. The standard InChI is InChI=1S/C12H26N2O2/c1-5-8-10-16-13-12(15)14(7-3)11(4)9-6-2/h11H,5-10H2,1-4H3,(H,13,15)/t11-/m1/s1. The minimum Gasteiger partial charge on any atom is -0.321 e. The molecule has 0 heterocycles. The first-order chi connectivity index (χ1) is 7.67. The van der Waals surface area contributed by atoms with E-state index in [0.29, 0.717) is 13.2 Å². The van der Waals surface area contributed by atoms with Gasteiger partial charge in [0.25, 0.3) is 0 Å². The summed E-state index contributed by atoms with van der Waals surface area (Å²) in [5.41, 5.74) is 2.49. The molecule has 2 amide bonds. The van der Waals surface area contributed by atoms with Crippen LogP contribution in [0.5, 0.6) is 0 Å². The lowest BCUT2D eigenvalue weighted by Gasteiger charge is -2.27. The molecule has 0 saturated heterocycles. The van der Waals surface area contributed by atoms with Crippen LogP contribution in [0.1, 0.15) is 53.4 Å². The molecular formula is C12H26N2O2. The average molecular weight is 230 g/mol. The molecule has 16 heavy (non-hydrogen) atoms. The smallest absolute Gasteiger partial charge is 0.321 e. The molecule has 0 unspecified atom stereocenters. The molecular weight excluding hydrogens is 204 g/mol. The van der Waals surface area contributed by atoms with Crippen LogP contribution in [-0.4, -0.2) is 30.1 Å². The molecule has 0 aliphatic heterocycles. The molecule has 0 spiro atoms. The summed E-state index contributed by atoms with van der Waals surface area (Å²) in [5, 5.41) is 0. The second kappa shape index (κ2) is 9.46. The summed E-state index contributed by atoms with van der Waals surface area (Å²) in [5.74, 6) is 0. The van der Waals surface area contributed by atoms with Crippen LogP contribution in [0.25, 0.3) is 0 Å². The van der Waals surface area contributed by atoms with E-state index in [1.807, 2.05) is 6.92 Å². The third kappa shape index (κ3) is 5.95. The highest BCUT2D eigenvalue weighted by molar-refractivity contribution is 5.73. The molecule has 96 valence electrons. The monoisotopic (exact) mass is 230 g/mol. The first kappa shape index (κ1) is 15.2. The van der Waals surface area contributed by atoms with Crippen molar-refractivity contribution in [2.24, 2.45) is 0 Å². The first-order valence-corrected chi connectivity index (χ1v) is 6.35. The van der Waals surface area contributed by atoms with Crippen LogP contribution in [0.15, 0.2) is 0 Å². The van der Waals surface area contributed by atoms with E-state index in [4.69, 9.17) is 4.84 Å². The highest BCUT2D eigenvalue weighted by Gasteiger charge is 2.17. The van der Waals surface area contributed by atoms with Gasteiger partial charge in [0.2, 0.25) is 0 Å². The largest absolute Gasteiger partial charge is 0.341 e. The third-order valence-electron chi connectivity index (χ3n) is 2.60. The molecule has 4 heteroatoms. The summed E-state index contributed by atoms with van der Waals surface area (Å²) < 4.78 is 0. The molecule has 0 fully saturated rings. The van der Waals surface area contributed by atoms with Crippen LogP contribution in [0.4, 0.5) is 4.79 Å². The molecule has 0 aromatic heterocycles. The number of rotatable bonds is 8. The molecule has 4 nitrogen and oxygen atoms in total. The summed E-state index contributed by atoms with van der Waals surface area (Å²) in [6.07, 6.45) is 4.15. The van der Waals surface area contributed by atoms with E-state index in [9.17, 15) is 4.79 Å². The Hall–Kier alpha value is -0.770. The van der Waals surface area contributed by atoms with Crippen LogP contribution < -0.4 is 5.48 Å². The number of carbonyl (C=O) groups is 1. The number of amides is 2. The molecule has 1 atom stereocenters. The van der Waals surface area contributed by atoms with Crippen molar-refractivity contribution in [3.05, 3.63) is 0 Å². The van der Waals surface area contributed by atoms with Crippen LogP contribution in [0.2, 0.25) is 0 Å². The highest BCUT2D eigenvalue weighted by atomic mass is 16.7. The summed E-state index contributed by atoms with van der Waals surface area (Å²) >= 11 is 0. The fourth-order valence-corrected chi connectivity index (χ4v) is 1.62. The summed E-state index contributed by atoms with van der Waals surface area (Å²) in [6.45, 7) is 9.56. The predicted octanol–water partition coefficient (Wildman–Crippen LogP) is 2.94. The fraction of sp³-hybridized carbons (Fsp3) is 0.917. The Morgan fingerprint density at radius 3 is 2.50 bits per heavy atom. The van der Waals surface area contributed by atoms with Gasteiger partial charge in [-0.05, 0) is 26.7 Å². The minimum absolute atomic E-state index is 0.125. The van der Waals surface area contributed by atoms with Crippen LogP contribution in [0, 0.1) is 0 Å². The van der Waals surface area contributed by atoms with E-state index in [0.717, 1.165) is 25.7 Å². The van der Waals surface area contributed by atoms with Crippen molar-refractivity contribution < 1.29 is 9.63 Å². The van der Waals surface area contributed by atoms with E-state index < -0.39 is 0 Å². The second-order valence-corrected chi connectivity index (χ2v) is 4.03. The van der Waals surface area contributed by atoms with Crippen molar-refractivity contribution >= 4 is 6.03 Å². The van der Waals surface area contributed by atoms with Crippen molar-refractivity contribution in [1.82, 2.24) is 10.4 Å². The number of hydrogen-bond acceptors (Lipinski definition) is 2. The van der Waals surface area contributed by atoms with Gasteiger partial charge in [0, 0.05) is 12.6 Å². The number of nitrogens with one attached hydrogen (secondary N) is 1. The summed E-state index contributed by atoms with van der Waals surface area (Å²) in [4.78, 5) is 18.7. The number of hydrogen-bond donors (Lipinski definition) is 1. The normalized spacial score (nSPS) is 12.2. The summed E-state index contributed by atoms with van der Waals surface area (Å²) in [6, 6.07) is 0.143. The number of urea groups is 1. The Labute approximate surface area is 99.3 Å². The van der Waals surface area contributed by atoms with E-state index in [-0.39, 0.29) is 12.1 Å². The van der Waals surface area contributed by atoms with E-state index in [1.54, 1.807) is 4.90 Å². The number of nitrogens with zero attached hydrogens (tertiary/aromatic N) is 1. The van der Waals surface area contributed by atoms with Gasteiger partial charge in [-0.3, -0.25) is 4.84 Å². The zero-order valence-corrected chi connectivity index (χ0v) is 11.1. The van der Waals surface area contributed by atoms with Crippen LogP contribution >= 0.6 is 0 Å². The molecule has 0 bridgehead atoms. The van der Waals surface area contributed by atoms with Crippen molar-refractivity contribution in [2.75, 3.05) is 13.2 Å². The Morgan fingerprint density at radius 2 is 2.00 bits per heavy atom. The van der Waals surface area contributed by atoms with Gasteiger partial charge in [0.1, 0.15) is 0 Å². The number of carbonyl (C=O) groups excluding carboxylic acids is 1. The lowest BCUT2D eigenvalue weighted by molar-refractivity contribution is 0.0418. The first-order valence-electron chi connectivity index (χ1n) is 6.35. The molecule has 0 aliphatic carbocycles. The van der Waals surface area contributed by atoms with E-state index in [1.165, 1.54) is 0 Å². The Kier molecular flexibility index (Phi) is 9.00. The van der Waals surface area contributed by atoms with Crippen LogP contribution in [0.3, 0.4) is 0 Å². The quantitative estimate of drug-likeness (QED) is 0.514. The average Bonchev–Trinajstić information content (AvgIpc) is 2.26. The molecule has 0 aromatic carbocycles. The lowest BCUT2D eigenvalue weighted by atomic mass is 10.2.